The molecule has 3 aliphatic heterocycles. The minimum absolute atomic E-state index is 0.0839. The zero-order valence-corrected chi connectivity index (χ0v) is 17.5. The molecule has 0 aliphatic carbocycles. The third-order valence-corrected chi connectivity index (χ3v) is 7.79. The fourth-order valence-electron chi connectivity index (χ4n) is 4.13. The molecule has 3 fully saturated rings. The summed E-state index contributed by atoms with van der Waals surface area (Å²) in [5.74, 6) is 0.0557. The van der Waals surface area contributed by atoms with E-state index in [9.17, 15) is 18.0 Å². The number of amides is 2. The van der Waals surface area contributed by atoms with Crippen molar-refractivity contribution in [3.8, 4) is 0 Å². The van der Waals surface area contributed by atoms with Crippen molar-refractivity contribution < 1.29 is 22.7 Å². The highest BCUT2D eigenvalue weighted by Crippen LogP contribution is 2.24. The first-order valence-corrected chi connectivity index (χ1v) is 11.9. The minimum atomic E-state index is -3.38. The van der Waals surface area contributed by atoms with Crippen molar-refractivity contribution in [2.24, 2.45) is 0 Å². The van der Waals surface area contributed by atoms with Crippen LogP contribution < -0.4 is 0 Å². The molecular weight excluding hydrogens is 384 g/mol. The van der Waals surface area contributed by atoms with Gasteiger partial charge >= 0.3 is 0 Å². The Morgan fingerprint density at radius 2 is 1.61 bits per heavy atom. The van der Waals surface area contributed by atoms with Crippen molar-refractivity contribution in [1.29, 1.82) is 0 Å². The summed E-state index contributed by atoms with van der Waals surface area (Å²) in [6, 6.07) is -0.577. The number of morpholine rings is 1. The average molecular weight is 417 g/mol. The Kier molecular flexibility index (Phi) is 7.30. The molecule has 0 aromatic heterocycles. The van der Waals surface area contributed by atoms with Crippen LogP contribution in [0.2, 0.25) is 0 Å². The molecule has 0 N–H and O–H groups in total. The lowest BCUT2D eigenvalue weighted by molar-refractivity contribution is -0.142. The predicted octanol–water partition coefficient (Wildman–Crippen LogP) is -0.806. The maximum atomic E-state index is 12.9. The van der Waals surface area contributed by atoms with Gasteiger partial charge in [0.05, 0.1) is 25.5 Å². The van der Waals surface area contributed by atoms with E-state index in [1.165, 1.54) is 4.31 Å². The molecule has 1 atom stereocenters. The molecule has 0 spiro atoms. The van der Waals surface area contributed by atoms with Crippen LogP contribution in [0.1, 0.15) is 26.2 Å². The zero-order valence-electron chi connectivity index (χ0n) is 16.7. The number of carbonyl (C=O) groups is 2. The molecule has 10 heteroatoms. The third-order valence-electron chi connectivity index (χ3n) is 5.71. The average Bonchev–Trinajstić information content (AvgIpc) is 3.19. The highest BCUT2D eigenvalue weighted by Gasteiger charge is 2.40. The van der Waals surface area contributed by atoms with Crippen molar-refractivity contribution in [1.82, 2.24) is 19.0 Å². The van der Waals surface area contributed by atoms with Gasteiger partial charge in [-0.2, -0.15) is 4.31 Å². The summed E-state index contributed by atoms with van der Waals surface area (Å²) in [5, 5.41) is 0. The maximum absolute atomic E-state index is 12.9. The molecule has 2 amide bonds. The molecule has 0 bridgehead atoms. The summed E-state index contributed by atoms with van der Waals surface area (Å²) in [4.78, 5) is 31.1. The van der Waals surface area contributed by atoms with Crippen LogP contribution >= 0.6 is 0 Å². The quantitative estimate of drug-likeness (QED) is 0.563. The van der Waals surface area contributed by atoms with Crippen LogP contribution in [0.25, 0.3) is 0 Å². The first-order valence-electron chi connectivity index (χ1n) is 10.3. The van der Waals surface area contributed by atoms with E-state index in [0.29, 0.717) is 65.3 Å². The topological polar surface area (TPSA) is 90.5 Å². The van der Waals surface area contributed by atoms with Gasteiger partial charge in [0, 0.05) is 45.8 Å². The number of nitrogens with zero attached hydrogens (tertiary/aromatic N) is 4. The van der Waals surface area contributed by atoms with Crippen molar-refractivity contribution >= 4 is 21.8 Å². The van der Waals surface area contributed by atoms with E-state index in [0.717, 1.165) is 19.5 Å². The summed E-state index contributed by atoms with van der Waals surface area (Å²) in [5.41, 5.74) is 0. The van der Waals surface area contributed by atoms with E-state index < -0.39 is 16.1 Å². The lowest BCUT2D eigenvalue weighted by Gasteiger charge is -2.38. The molecule has 1 unspecified atom stereocenters. The van der Waals surface area contributed by atoms with Crippen LogP contribution in [-0.2, 0) is 24.3 Å². The Hall–Kier alpha value is -1.23. The molecule has 0 radical (unpaired) electrons. The van der Waals surface area contributed by atoms with Gasteiger partial charge < -0.3 is 14.5 Å². The maximum Gasteiger partial charge on any atom is 0.241 e. The SMILES string of the molecule is CCCS(=O)(=O)N1CCCC1C(=O)N1CCN(C(=O)CN2CCOCC2)CC1. The fraction of sp³-hybridized carbons (Fsp3) is 0.889. The number of hydrogen-bond acceptors (Lipinski definition) is 6. The first-order chi connectivity index (χ1) is 13.4. The van der Waals surface area contributed by atoms with Gasteiger partial charge in [-0.05, 0) is 19.3 Å². The molecule has 28 heavy (non-hydrogen) atoms. The normalized spacial score (nSPS) is 25.2. The lowest BCUT2D eigenvalue weighted by Crippen LogP contribution is -2.56. The number of rotatable bonds is 6. The largest absolute Gasteiger partial charge is 0.379 e. The molecule has 3 heterocycles. The second-order valence-corrected chi connectivity index (χ2v) is 9.72. The standard InChI is InChI=1S/C18H32N4O5S/c1-2-14-28(25,26)22-5-3-4-16(22)18(24)21-8-6-20(7-9-21)17(23)15-19-10-12-27-13-11-19/h16H,2-15H2,1H3. The summed E-state index contributed by atoms with van der Waals surface area (Å²) in [6.45, 7) is 7.45. The van der Waals surface area contributed by atoms with Crippen molar-refractivity contribution in [3.63, 3.8) is 0 Å². The zero-order chi connectivity index (χ0) is 20.1. The van der Waals surface area contributed by atoms with Crippen LogP contribution in [0.4, 0.5) is 0 Å². The summed E-state index contributed by atoms with van der Waals surface area (Å²) >= 11 is 0. The third kappa shape index (κ3) is 5.03. The van der Waals surface area contributed by atoms with Crippen LogP contribution in [-0.4, -0.2) is 117 Å². The van der Waals surface area contributed by atoms with E-state index in [1.54, 1.807) is 9.80 Å². The van der Waals surface area contributed by atoms with E-state index in [-0.39, 0.29) is 17.6 Å². The van der Waals surface area contributed by atoms with Gasteiger partial charge in [-0.3, -0.25) is 14.5 Å². The van der Waals surface area contributed by atoms with Gasteiger partial charge in [0.15, 0.2) is 0 Å². The highest BCUT2D eigenvalue weighted by atomic mass is 32.2. The van der Waals surface area contributed by atoms with Gasteiger partial charge in [-0.1, -0.05) is 6.92 Å². The molecular formula is C18H32N4O5S. The Balaban J connectivity index is 1.51. The van der Waals surface area contributed by atoms with E-state index in [4.69, 9.17) is 4.74 Å². The molecule has 0 saturated carbocycles. The molecule has 9 nitrogen and oxygen atoms in total. The van der Waals surface area contributed by atoms with Gasteiger partial charge in [-0.15, -0.1) is 0 Å². The molecule has 3 aliphatic rings. The Bertz CT molecular complexity index is 657. The molecule has 160 valence electrons. The van der Waals surface area contributed by atoms with Crippen molar-refractivity contribution in [2.45, 2.75) is 32.2 Å². The number of sulfonamides is 1. The predicted molar refractivity (Wildman–Crippen MR) is 104 cm³/mol. The second-order valence-electron chi connectivity index (χ2n) is 7.68. The van der Waals surface area contributed by atoms with Gasteiger partial charge in [0.1, 0.15) is 6.04 Å². The molecule has 0 aromatic carbocycles. The van der Waals surface area contributed by atoms with E-state index >= 15 is 0 Å². The van der Waals surface area contributed by atoms with Gasteiger partial charge in [0.25, 0.3) is 0 Å². The van der Waals surface area contributed by atoms with Gasteiger partial charge in [-0.25, -0.2) is 8.42 Å². The van der Waals surface area contributed by atoms with Crippen LogP contribution in [0.3, 0.4) is 0 Å². The molecule has 0 aromatic rings. The Morgan fingerprint density at radius 3 is 2.25 bits per heavy atom. The van der Waals surface area contributed by atoms with Crippen LogP contribution in [0.15, 0.2) is 0 Å². The van der Waals surface area contributed by atoms with Crippen LogP contribution in [0.5, 0.6) is 0 Å². The minimum Gasteiger partial charge on any atom is -0.379 e. The molecule has 3 saturated heterocycles. The Labute approximate surface area is 167 Å². The first kappa shape index (κ1) is 21.5. The summed E-state index contributed by atoms with van der Waals surface area (Å²) in [6.07, 6.45) is 1.85. The van der Waals surface area contributed by atoms with Crippen LogP contribution in [0, 0.1) is 0 Å². The number of ether oxygens (including phenoxy) is 1. The number of hydrogen-bond donors (Lipinski definition) is 0. The van der Waals surface area contributed by atoms with Gasteiger partial charge in [0.2, 0.25) is 21.8 Å². The second kappa shape index (κ2) is 9.51. The highest BCUT2D eigenvalue weighted by molar-refractivity contribution is 7.89. The van der Waals surface area contributed by atoms with Crippen molar-refractivity contribution in [3.05, 3.63) is 0 Å². The summed E-state index contributed by atoms with van der Waals surface area (Å²) < 4.78 is 31.6. The number of carbonyl (C=O) groups excluding carboxylic acids is 2. The van der Waals surface area contributed by atoms with Crippen molar-refractivity contribution in [2.75, 3.05) is 71.3 Å². The smallest absolute Gasteiger partial charge is 0.241 e. The lowest BCUT2D eigenvalue weighted by atomic mass is 10.2. The van der Waals surface area contributed by atoms with E-state index in [2.05, 4.69) is 4.90 Å². The monoisotopic (exact) mass is 416 g/mol. The van der Waals surface area contributed by atoms with E-state index in [1.807, 2.05) is 6.92 Å². The molecule has 3 rings (SSSR count). The fourth-order valence-corrected chi connectivity index (χ4v) is 5.87. The Morgan fingerprint density at radius 1 is 0.964 bits per heavy atom. The number of piperazine rings is 1. The summed E-state index contributed by atoms with van der Waals surface area (Å²) in [7, 11) is -3.38.